The van der Waals surface area contributed by atoms with Crippen molar-refractivity contribution in [2.75, 3.05) is 19.3 Å². The zero-order chi connectivity index (χ0) is 17.6. The van der Waals surface area contributed by atoms with Gasteiger partial charge in [0.05, 0.1) is 6.26 Å². The summed E-state index contributed by atoms with van der Waals surface area (Å²) in [5.74, 6) is 0.139. The van der Waals surface area contributed by atoms with E-state index in [9.17, 15) is 18.0 Å². The molecule has 1 aromatic rings. The number of hydrogen-bond donors (Lipinski definition) is 2. The van der Waals surface area contributed by atoms with Crippen LogP contribution in [0, 0.1) is 25.7 Å². The first-order valence-corrected chi connectivity index (χ1v) is 9.98. The maximum Gasteiger partial charge on any atom is 0.261 e. The molecule has 1 aliphatic heterocycles. The van der Waals surface area contributed by atoms with Crippen LogP contribution in [-0.2, 0) is 10.0 Å². The topological polar surface area (TPSA) is 99.3 Å². The number of aromatic amines is 1. The third-order valence-corrected chi connectivity index (χ3v) is 6.32. The summed E-state index contributed by atoms with van der Waals surface area (Å²) in [6, 6.07) is 1.33. The van der Waals surface area contributed by atoms with Crippen LogP contribution in [0.15, 0.2) is 10.9 Å². The normalized spacial score (nSPS) is 25.0. The largest absolute Gasteiger partial charge is 0.347 e. The summed E-state index contributed by atoms with van der Waals surface area (Å²) >= 11 is 0. The number of rotatable bonds is 4. The lowest BCUT2D eigenvalue weighted by atomic mass is 9.98. The van der Waals surface area contributed by atoms with Gasteiger partial charge >= 0.3 is 0 Å². The molecule has 2 fully saturated rings. The Morgan fingerprint density at radius 3 is 2.54 bits per heavy atom. The minimum atomic E-state index is -3.28. The molecule has 1 amide bonds. The highest BCUT2D eigenvalue weighted by Gasteiger charge is 2.45. The SMILES string of the molecule is Cc1cc(C(=O)N[C@H]2CN(S(C)(=O)=O)C[C@@H]2C2CC2)c(=O)[nH]c1C. The van der Waals surface area contributed by atoms with Crippen LogP contribution in [0.1, 0.15) is 34.5 Å². The van der Waals surface area contributed by atoms with E-state index in [2.05, 4.69) is 10.3 Å². The zero-order valence-corrected chi connectivity index (χ0v) is 14.9. The number of aryl methyl sites for hydroxylation is 2. The minimum Gasteiger partial charge on any atom is -0.347 e. The minimum absolute atomic E-state index is 0.0745. The molecule has 2 N–H and O–H groups in total. The number of aromatic nitrogens is 1. The molecule has 8 heteroatoms. The molecular weight excluding hydrogens is 330 g/mol. The maximum absolute atomic E-state index is 12.5. The Kier molecular flexibility index (Phi) is 4.29. The lowest BCUT2D eigenvalue weighted by molar-refractivity contribution is 0.0927. The smallest absolute Gasteiger partial charge is 0.261 e. The fourth-order valence-corrected chi connectivity index (χ4v) is 4.23. The first kappa shape index (κ1) is 17.2. The van der Waals surface area contributed by atoms with Crippen LogP contribution in [0.4, 0.5) is 0 Å². The summed E-state index contributed by atoms with van der Waals surface area (Å²) in [5.41, 5.74) is 1.22. The third-order valence-electron chi connectivity index (χ3n) is 5.09. The lowest BCUT2D eigenvalue weighted by Crippen LogP contribution is -2.43. The Bertz CT molecular complexity index is 826. The molecule has 0 aromatic carbocycles. The number of pyridine rings is 1. The Hall–Kier alpha value is -1.67. The third kappa shape index (κ3) is 3.39. The van der Waals surface area contributed by atoms with Crippen LogP contribution in [0.25, 0.3) is 0 Å². The molecule has 0 spiro atoms. The van der Waals surface area contributed by atoms with Gasteiger partial charge < -0.3 is 10.3 Å². The summed E-state index contributed by atoms with van der Waals surface area (Å²) in [6.45, 7) is 4.32. The second-order valence-electron chi connectivity index (χ2n) is 6.98. The highest BCUT2D eigenvalue weighted by molar-refractivity contribution is 7.88. The van der Waals surface area contributed by atoms with E-state index in [1.165, 1.54) is 10.6 Å². The van der Waals surface area contributed by atoms with Crippen molar-refractivity contribution in [3.63, 3.8) is 0 Å². The molecule has 0 radical (unpaired) electrons. The number of hydrogen-bond acceptors (Lipinski definition) is 4. The van der Waals surface area contributed by atoms with Gasteiger partial charge in [-0.25, -0.2) is 8.42 Å². The Labute approximate surface area is 141 Å². The molecule has 1 saturated heterocycles. The molecule has 1 saturated carbocycles. The van der Waals surface area contributed by atoms with E-state index in [4.69, 9.17) is 0 Å². The van der Waals surface area contributed by atoms with E-state index in [1.807, 2.05) is 6.92 Å². The van der Waals surface area contributed by atoms with Gasteiger partial charge in [-0.05, 0) is 50.2 Å². The van der Waals surface area contributed by atoms with Crippen molar-refractivity contribution < 1.29 is 13.2 Å². The van der Waals surface area contributed by atoms with Crippen LogP contribution in [0.2, 0.25) is 0 Å². The molecule has 3 rings (SSSR count). The number of nitrogens with zero attached hydrogens (tertiary/aromatic N) is 1. The van der Waals surface area contributed by atoms with Gasteiger partial charge in [-0.3, -0.25) is 9.59 Å². The second kappa shape index (κ2) is 6.00. The number of carbonyl (C=O) groups excluding carboxylic acids is 1. The molecular formula is C16H23N3O4S. The highest BCUT2D eigenvalue weighted by Crippen LogP contribution is 2.41. The highest BCUT2D eigenvalue weighted by atomic mass is 32.2. The first-order valence-electron chi connectivity index (χ1n) is 8.13. The van der Waals surface area contributed by atoms with Gasteiger partial charge in [0.15, 0.2) is 0 Å². The van der Waals surface area contributed by atoms with E-state index >= 15 is 0 Å². The number of sulfonamides is 1. The van der Waals surface area contributed by atoms with Crippen molar-refractivity contribution >= 4 is 15.9 Å². The fourth-order valence-electron chi connectivity index (χ4n) is 3.36. The van der Waals surface area contributed by atoms with E-state index in [-0.39, 0.29) is 24.1 Å². The number of H-pyrrole nitrogens is 1. The van der Waals surface area contributed by atoms with Crippen molar-refractivity contribution in [2.24, 2.45) is 11.8 Å². The molecule has 0 bridgehead atoms. The first-order chi connectivity index (χ1) is 11.2. The zero-order valence-electron chi connectivity index (χ0n) is 14.1. The van der Waals surface area contributed by atoms with Gasteiger partial charge in [0, 0.05) is 24.8 Å². The van der Waals surface area contributed by atoms with Gasteiger partial charge in [0.25, 0.3) is 11.5 Å². The summed E-state index contributed by atoms with van der Waals surface area (Å²) in [5, 5.41) is 2.89. The van der Waals surface area contributed by atoms with Crippen LogP contribution in [0.5, 0.6) is 0 Å². The standard InChI is InChI=1S/C16H23N3O4S/c1-9-6-12(15(20)17-10(9)2)16(21)18-14-8-19(24(3,22)23)7-13(14)11-4-5-11/h6,11,13-14H,4-5,7-8H2,1-3H3,(H,17,20)(H,18,21)/t13-,14+/m1/s1. The average molecular weight is 353 g/mol. The Balaban J connectivity index is 1.80. The fraction of sp³-hybridized carbons (Fsp3) is 0.625. The molecule has 1 aromatic heterocycles. The molecule has 24 heavy (non-hydrogen) atoms. The second-order valence-corrected chi connectivity index (χ2v) is 8.96. The summed E-state index contributed by atoms with van der Waals surface area (Å²) in [7, 11) is -3.28. The molecule has 1 aliphatic carbocycles. The van der Waals surface area contributed by atoms with E-state index in [0.29, 0.717) is 12.5 Å². The van der Waals surface area contributed by atoms with Crippen LogP contribution < -0.4 is 10.9 Å². The number of nitrogens with one attached hydrogen (secondary N) is 2. The predicted octanol–water partition coefficient (Wildman–Crippen LogP) is 0.392. The number of carbonyl (C=O) groups is 1. The van der Waals surface area contributed by atoms with Crippen molar-refractivity contribution in [1.82, 2.24) is 14.6 Å². The molecule has 2 aliphatic rings. The molecule has 132 valence electrons. The lowest BCUT2D eigenvalue weighted by Gasteiger charge is -2.19. The van der Waals surface area contributed by atoms with E-state index in [1.54, 1.807) is 13.0 Å². The van der Waals surface area contributed by atoms with Crippen molar-refractivity contribution in [2.45, 2.75) is 32.7 Å². The van der Waals surface area contributed by atoms with Gasteiger partial charge in [-0.15, -0.1) is 0 Å². The van der Waals surface area contributed by atoms with Crippen LogP contribution >= 0.6 is 0 Å². The van der Waals surface area contributed by atoms with Crippen molar-refractivity contribution in [3.8, 4) is 0 Å². The van der Waals surface area contributed by atoms with E-state index < -0.39 is 21.5 Å². The summed E-state index contributed by atoms with van der Waals surface area (Å²) in [6.07, 6.45) is 3.33. The Morgan fingerprint density at radius 1 is 1.29 bits per heavy atom. The van der Waals surface area contributed by atoms with Gasteiger partial charge in [0.1, 0.15) is 5.56 Å². The molecule has 0 unspecified atom stereocenters. The van der Waals surface area contributed by atoms with E-state index in [0.717, 1.165) is 24.1 Å². The van der Waals surface area contributed by atoms with Crippen LogP contribution in [0.3, 0.4) is 0 Å². The molecule has 7 nitrogen and oxygen atoms in total. The molecule has 2 atom stereocenters. The van der Waals surface area contributed by atoms with Gasteiger partial charge in [0.2, 0.25) is 10.0 Å². The van der Waals surface area contributed by atoms with Crippen LogP contribution in [-0.4, -0.2) is 49.0 Å². The number of amides is 1. The summed E-state index contributed by atoms with van der Waals surface area (Å²) < 4.78 is 25.1. The summed E-state index contributed by atoms with van der Waals surface area (Å²) in [4.78, 5) is 27.2. The van der Waals surface area contributed by atoms with Crippen molar-refractivity contribution in [3.05, 3.63) is 33.2 Å². The maximum atomic E-state index is 12.5. The Morgan fingerprint density at radius 2 is 1.96 bits per heavy atom. The van der Waals surface area contributed by atoms with Gasteiger partial charge in [-0.2, -0.15) is 4.31 Å². The van der Waals surface area contributed by atoms with Crippen molar-refractivity contribution in [1.29, 1.82) is 0 Å². The predicted molar refractivity (Wildman–Crippen MR) is 90.4 cm³/mol. The molecule has 2 heterocycles. The average Bonchev–Trinajstić information content (AvgIpc) is 3.22. The quantitative estimate of drug-likeness (QED) is 0.818. The monoisotopic (exact) mass is 353 g/mol. The van der Waals surface area contributed by atoms with Gasteiger partial charge in [-0.1, -0.05) is 0 Å².